The van der Waals surface area contributed by atoms with Crippen molar-refractivity contribution in [2.24, 2.45) is 0 Å². The smallest absolute Gasteiger partial charge is 0.246 e. The molecule has 96 valence electrons. The van der Waals surface area contributed by atoms with Gasteiger partial charge in [0.2, 0.25) is 5.91 Å². The Bertz CT molecular complexity index is 448. The van der Waals surface area contributed by atoms with Crippen LogP contribution >= 0.6 is 11.6 Å². The van der Waals surface area contributed by atoms with Crippen molar-refractivity contribution >= 4 is 23.6 Å². The highest BCUT2D eigenvalue weighted by Crippen LogP contribution is 2.13. The molecule has 0 saturated carbocycles. The summed E-state index contributed by atoms with van der Waals surface area (Å²) in [5.41, 5.74) is 0.869. The highest BCUT2D eigenvalue weighted by molar-refractivity contribution is 6.30. The molecule has 0 spiro atoms. The molecule has 2 rings (SSSR count). The van der Waals surface area contributed by atoms with E-state index in [0.29, 0.717) is 5.02 Å². The molecule has 4 nitrogen and oxygen atoms in total. The molecule has 1 aliphatic heterocycles. The Hall–Kier alpha value is -1.36. The zero-order chi connectivity index (χ0) is 13.1. The second kappa shape index (κ2) is 5.52. The molecule has 2 atom stereocenters. The molecule has 2 N–H and O–H groups in total. The van der Waals surface area contributed by atoms with Gasteiger partial charge in [0.05, 0.1) is 12.2 Å². The quantitative estimate of drug-likeness (QED) is 0.784. The summed E-state index contributed by atoms with van der Waals surface area (Å²) in [5.74, 6) is -0.222. The lowest BCUT2D eigenvalue weighted by Gasteiger charge is -2.11. The predicted octanol–water partition coefficient (Wildman–Crippen LogP) is 0.917. The van der Waals surface area contributed by atoms with Crippen LogP contribution < -0.4 is 0 Å². The number of carbonyl (C=O) groups excluding carboxylic acids is 1. The third-order valence-corrected chi connectivity index (χ3v) is 3.11. The van der Waals surface area contributed by atoms with E-state index < -0.39 is 12.2 Å². The summed E-state index contributed by atoms with van der Waals surface area (Å²) in [4.78, 5) is 13.2. The Morgan fingerprint density at radius 3 is 2.33 bits per heavy atom. The van der Waals surface area contributed by atoms with Crippen LogP contribution in [-0.2, 0) is 4.79 Å². The van der Waals surface area contributed by atoms with Crippen molar-refractivity contribution in [3.05, 3.63) is 40.9 Å². The number of rotatable bonds is 2. The van der Waals surface area contributed by atoms with Gasteiger partial charge in [0.1, 0.15) is 0 Å². The highest BCUT2D eigenvalue weighted by Gasteiger charge is 2.31. The van der Waals surface area contributed by atoms with Crippen molar-refractivity contribution in [1.82, 2.24) is 4.90 Å². The van der Waals surface area contributed by atoms with Crippen LogP contribution in [0.25, 0.3) is 6.08 Å². The fraction of sp³-hybridized carbons (Fsp3) is 0.308. The summed E-state index contributed by atoms with van der Waals surface area (Å²) in [6, 6.07) is 7.10. The third-order valence-electron chi connectivity index (χ3n) is 2.86. The lowest BCUT2D eigenvalue weighted by molar-refractivity contribution is -0.125. The maximum atomic E-state index is 11.8. The van der Waals surface area contributed by atoms with Gasteiger partial charge in [-0.2, -0.15) is 0 Å². The first-order chi connectivity index (χ1) is 8.56. The third kappa shape index (κ3) is 3.10. The molecule has 1 fully saturated rings. The van der Waals surface area contributed by atoms with E-state index in [1.807, 2.05) is 0 Å². The molecule has 1 amide bonds. The van der Waals surface area contributed by atoms with E-state index in [9.17, 15) is 15.0 Å². The van der Waals surface area contributed by atoms with Crippen molar-refractivity contribution in [3.63, 3.8) is 0 Å². The second-order valence-corrected chi connectivity index (χ2v) is 4.70. The molecule has 0 aromatic heterocycles. The van der Waals surface area contributed by atoms with Crippen molar-refractivity contribution < 1.29 is 15.0 Å². The maximum Gasteiger partial charge on any atom is 0.246 e. The standard InChI is InChI=1S/C13H14ClNO3/c14-10-4-1-9(2-5-10)3-6-13(18)15-7-11(16)12(17)8-15/h1-6,11-12,16-17H,7-8H2/b6-3+. The Labute approximate surface area is 110 Å². The number of hydrogen-bond acceptors (Lipinski definition) is 3. The van der Waals surface area contributed by atoms with Crippen LogP contribution in [0.15, 0.2) is 30.3 Å². The molecule has 18 heavy (non-hydrogen) atoms. The van der Waals surface area contributed by atoms with Crippen molar-refractivity contribution in [2.75, 3.05) is 13.1 Å². The summed E-state index contributed by atoms with van der Waals surface area (Å²) in [7, 11) is 0. The first-order valence-electron chi connectivity index (χ1n) is 5.65. The molecule has 1 aromatic rings. The Balaban J connectivity index is 1.97. The van der Waals surface area contributed by atoms with Gasteiger partial charge in [-0.15, -0.1) is 0 Å². The van der Waals surface area contributed by atoms with Crippen molar-refractivity contribution in [2.45, 2.75) is 12.2 Å². The summed E-state index contributed by atoms with van der Waals surface area (Å²) in [6.07, 6.45) is 1.40. The SMILES string of the molecule is O=C(/C=C/c1ccc(Cl)cc1)N1CC(O)C(O)C1. The number of carbonyl (C=O) groups is 1. The van der Waals surface area contributed by atoms with Gasteiger partial charge in [0.15, 0.2) is 0 Å². The molecule has 1 aromatic carbocycles. The molecule has 1 heterocycles. The van der Waals surface area contributed by atoms with Crippen LogP contribution in [0.3, 0.4) is 0 Å². The minimum absolute atomic E-state index is 0.172. The predicted molar refractivity (Wildman–Crippen MR) is 69.1 cm³/mol. The van der Waals surface area contributed by atoms with E-state index in [1.165, 1.54) is 11.0 Å². The van der Waals surface area contributed by atoms with Gasteiger partial charge in [0, 0.05) is 24.2 Å². The molecular weight excluding hydrogens is 254 g/mol. The number of amides is 1. The maximum absolute atomic E-state index is 11.8. The average molecular weight is 268 g/mol. The molecule has 5 heteroatoms. The van der Waals surface area contributed by atoms with Gasteiger partial charge in [-0.1, -0.05) is 23.7 Å². The number of likely N-dealkylation sites (tertiary alicyclic amines) is 1. The Morgan fingerprint density at radius 2 is 1.78 bits per heavy atom. The van der Waals surface area contributed by atoms with Gasteiger partial charge in [-0.25, -0.2) is 0 Å². The van der Waals surface area contributed by atoms with Gasteiger partial charge >= 0.3 is 0 Å². The molecule has 2 unspecified atom stereocenters. The molecule has 1 aliphatic rings. The van der Waals surface area contributed by atoms with Crippen LogP contribution in [0.1, 0.15) is 5.56 Å². The Morgan fingerprint density at radius 1 is 1.22 bits per heavy atom. The number of aliphatic hydroxyl groups excluding tert-OH is 2. The van der Waals surface area contributed by atoms with E-state index in [2.05, 4.69) is 0 Å². The minimum Gasteiger partial charge on any atom is -0.388 e. The summed E-state index contributed by atoms with van der Waals surface area (Å²) in [5, 5.41) is 19.3. The number of benzene rings is 1. The van der Waals surface area contributed by atoms with Crippen molar-refractivity contribution in [3.8, 4) is 0 Å². The van der Waals surface area contributed by atoms with Gasteiger partial charge < -0.3 is 15.1 Å². The molecule has 0 radical (unpaired) electrons. The van der Waals surface area contributed by atoms with Crippen molar-refractivity contribution in [1.29, 1.82) is 0 Å². The van der Waals surface area contributed by atoms with Gasteiger partial charge in [-0.05, 0) is 23.8 Å². The van der Waals surface area contributed by atoms with Crippen LogP contribution in [0.4, 0.5) is 0 Å². The fourth-order valence-electron chi connectivity index (χ4n) is 1.80. The van der Waals surface area contributed by atoms with E-state index in [0.717, 1.165) is 5.56 Å². The number of hydrogen-bond donors (Lipinski definition) is 2. The Kier molecular flexibility index (Phi) is 4.01. The number of nitrogens with zero attached hydrogens (tertiary/aromatic N) is 1. The fourth-order valence-corrected chi connectivity index (χ4v) is 1.92. The second-order valence-electron chi connectivity index (χ2n) is 4.26. The number of β-amino-alcohol motifs (C(OH)–C–C–N with tert-alkyl or cyclic N) is 2. The van der Waals surface area contributed by atoms with E-state index >= 15 is 0 Å². The van der Waals surface area contributed by atoms with Crippen LogP contribution in [0, 0.1) is 0 Å². The highest BCUT2D eigenvalue weighted by atomic mass is 35.5. The zero-order valence-corrected chi connectivity index (χ0v) is 10.4. The van der Waals surface area contributed by atoms with Gasteiger partial charge in [0.25, 0.3) is 0 Å². The topological polar surface area (TPSA) is 60.8 Å². The normalized spacial score (nSPS) is 23.8. The molecule has 1 saturated heterocycles. The van der Waals surface area contributed by atoms with E-state index in [1.54, 1.807) is 30.3 Å². The first-order valence-corrected chi connectivity index (χ1v) is 6.03. The van der Waals surface area contributed by atoms with Crippen LogP contribution in [-0.4, -0.2) is 46.3 Å². The van der Waals surface area contributed by atoms with Gasteiger partial charge in [-0.3, -0.25) is 4.79 Å². The zero-order valence-electron chi connectivity index (χ0n) is 9.66. The largest absolute Gasteiger partial charge is 0.388 e. The van der Waals surface area contributed by atoms with E-state index in [-0.39, 0.29) is 19.0 Å². The molecule has 0 aliphatic carbocycles. The monoisotopic (exact) mass is 267 g/mol. The molecular formula is C13H14ClNO3. The average Bonchev–Trinajstić information content (AvgIpc) is 2.69. The van der Waals surface area contributed by atoms with E-state index in [4.69, 9.17) is 11.6 Å². The molecule has 0 bridgehead atoms. The van der Waals surface area contributed by atoms with Crippen LogP contribution in [0.5, 0.6) is 0 Å². The summed E-state index contributed by atoms with van der Waals surface area (Å²) >= 11 is 5.76. The number of halogens is 1. The minimum atomic E-state index is -0.849. The van der Waals surface area contributed by atoms with Crippen LogP contribution in [0.2, 0.25) is 5.02 Å². The summed E-state index contributed by atoms with van der Waals surface area (Å²) in [6.45, 7) is 0.343. The number of aliphatic hydroxyl groups is 2. The lowest BCUT2D eigenvalue weighted by Crippen LogP contribution is -2.27. The summed E-state index contributed by atoms with van der Waals surface area (Å²) < 4.78 is 0. The lowest BCUT2D eigenvalue weighted by atomic mass is 10.2. The first kappa shape index (κ1) is 13.1.